The van der Waals surface area contributed by atoms with Crippen LogP contribution in [0.4, 0.5) is 24.5 Å². The summed E-state index contributed by atoms with van der Waals surface area (Å²) >= 11 is 0. The number of anilines is 2. The lowest BCUT2D eigenvalue weighted by Gasteiger charge is -2.13. The minimum absolute atomic E-state index is 0.169. The predicted octanol–water partition coefficient (Wildman–Crippen LogP) is 3.96. The number of hydrogen-bond donors (Lipinski definition) is 2. The van der Waals surface area contributed by atoms with Crippen molar-refractivity contribution in [2.24, 2.45) is 0 Å². The molecule has 1 aromatic heterocycles. The van der Waals surface area contributed by atoms with Gasteiger partial charge in [0, 0.05) is 18.4 Å². The van der Waals surface area contributed by atoms with Gasteiger partial charge in [-0.05, 0) is 31.5 Å². The molecule has 0 aliphatic heterocycles. The van der Waals surface area contributed by atoms with Crippen LogP contribution in [0.3, 0.4) is 0 Å². The molecule has 122 valence electrons. The quantitative estimate of drug-likeness (QED) is 0.819. The monoisotopic (exact) mass is 323 g/mol. The molecule has 0 saturated heterocycles. The van der Waals surface area contributed by atoms with Crippen LogP contribution in [0, 0.1) is 17.5 Å². The lowest BCUT2D eigenvalue weighted by Crippen LogP contribution is -2.16. The maximum absolute atomic E-state index is 13.6. The van der Waals surface area contributed by atoms with E-state index in [2.05, 4.69) is 15.6 Å². The Morgan fingerprint density at radius 3 is 2.65 bits per heavy atom. The first-order valence-electron chi connectivity index (χ1n) is 7.08. The van der Waals surface area contributed by atoms with Crippen LogP contribution < -0.4 is 10.6 Å². The highest BCUT2D eigenvalue weighted by molar-refractivity contribution is 6.04. The zero-order valence-electron chi connectivity index (χ0n) is 12.7. The van der Waals surface area contributed by atoms with E-state index in [1.807, 2.05) is 13.8 Å². The molecule has 2 aromatic rings. The van der Waals surface area contributed by atoms with Crippen molar-refractivity contribution in [2.75, 3.05) is 10.6 Å². The Morgan fingerprint density at radius 1 is 1.22 bits per heavy atom. The number of nitrogens with one attached hydrogen (secondary N) is 2. The van der Waals surface area contributed by atoms with Gasteiger partial charge in [-0.1, -0.05) is 6.92 Å². The van der Waals surface area contributed by atoms with Gasteiger partial charge in [0.05, 0.1) is 16.9 Å². The van der Waals surface area contributed by atoms with Crippen LogP contribution in [0.15, 0.2) is 30.6 Å². The lowest BCUT2D eigenvalue weighted by molar-refractivity contribution is 0.102. The molecule has 4 nitrogen and oxygen atoms in total. The van der Waals surface area contributed by atoms with E-state index in [1.165, 1.54) is 6.20 Å². The first-order valence-corrected chi connectivity index (χ1v) is 7.08. The topological polar surface area (TPSA) is 54.0 Å². The largest absolute Gasteiger partial charge is 0.381 e. The Kier molecular flexibility index (Phi) is 5.20. The zero-order valence-corrected chi connectivity index (χ0v) is 12.7. The molecule has 0 radical (unpaired) electrons. The zero-order chi connectivity index (χ0) is 17.0. The molecule has 2 rings (SSSR count). The Morgan fingerprint density at radius 2 is 1.96 bits per heavy atom. The summed E-state index contributed by atoms with van der Waals surface area (Å²) in [6.07, 6.45) is 3.74. The van der Waals surface area contributed by atoms with Crippen molar-refractivity contribution in [3.63, 3.8) is 0 Å². The number of carbonyl (C=O) groups is 1. The van der Waals surface area contributed by atoms with E-state index in [0.29, 0.717) is 5.69 Å². The van der Waals surface area contributed by atoms with Gasteiger partial charge in [-0.15, -0.1) is 0 Å². The highest BCUT2D eigenvalue weighted by atomic mass is 19.2. The van der Waals surface area contributed by atoms with Crippen molar-refractivity contribution < 1.29 is 18.0 Å². The van der Waals surface area contributed by atoms with E-state index in [1.54, 1.807) is 12.3 Å². The molecule has 0 bridgehead atoms. The molecular formula is C16H16F3N3O. The SMILES string of the molecule is CCC(C)Nc1cncc(C(=O)Nc2ccc(F)c(F)c2F)c1. The molecule has 2 N–H and O–H groups in total. The molecule has 1 amide bonds. The van der Waals surface area contributed by atoms with Crippen molar-refractivity contribution in [3.05, 3.63) is 53.6 Å². The average molecular weight is 323 g/mol. The summed E-state index contributed by atoms with van der Waals surface area (Å²) in [7, 11) is 0. The summed E-state index contributed by atoms with van der Waals surface area (Å²) in [4.78, 5) is 16.0. The van der Waals surface area contributed by atoms with Crippen LogP contribution in [0.25, 0.3) is 0 Å². The van der Waals surface area contributed by atoms with Crippen molar-refractivity contribution in [3.8, 4) is 0 Å². The summed E-state index contributed by atoms with van der Waals surface area (Å²) in [5, 5.41) is 5.35. The molecule has 23 heavy (non-hydrogen) atoms. The second-order valence-corrected chi connectivity index (χ2v) is 5.09. The fourth-order valence-electron chi connectivity index (χ4n) is 1.85. The fraction of sp³-hybridized carbons (Fsp3) is 0.250. The Bertz CT molecular complexity index is 722. The normalized spacial score (nSPS) is 11.9. The number of nitrogens with zero attached hydrogens (tertiary/aromatic N) is 1. The number of benzene rings is 1. The van der Waals surface area contributed by atoms with Crippen LogP contribution in [0.1, 0.15) is 30.6 Å². The maximum Gasteiger partial charge on any atom is 0.257 e. The standard InChI is InChI=1S/C16H16F3N3O/c1-3-9(2)21-11-6-10(7-20-8-11)16(23)22-13-5-4-12(17)14(18)15(13)19/h4-9,21H,3H2,1-2H3,(H,22,23). The second kappa shape index (κ2) is 7.13. The Labute approximate surface area is 131 Å². The summed E-state index contributed by atoms with van der Waals surface area (Å²) < 4.78 is 39.6. The van der Waals surface area contributed by atoms with Crippen molar-refractivity contribution in [2.45, 2.75) is 26.3 Å². The van der Waals surface area contributed by atoms with Gasteiger partial charge in [0.2, 0.25) is 0 Å². The number of amides is 1. The second-order valence-electron chi connectivity index (χ2n) is 5.09. The molecule has 7 heteroatoms. The van der Waals surface area contributed by atoms with Crippen LogP contribution >= 0.6 is 0 Å². The van der Waals surface area contributed by atoms with Gasteiger partial charge in [-0.3, -0.25) is 9.78 Å². The van der Waals surface area contributed by atoms with Gasteiger partial charge in [-0.25, -0.2) is 13.2 Å². The summed E-state index contributed by atoms with van der Waals surface area (Å²) in [6.45, 7) is 3.98. The predicted molar refractivity (Wildman–Crippen MR) is 81.9 cm³/mol. The summed E-state index contributed by atoms with van der Waals surface area (Å²) in [5.41, 5.74) is 0.370. The Balaban J connectivity index is 2.18. The average Bonchev–Trinajstić information content (AvgIpc) is 2.55. The van der Waals surface area contributed by atoms with Gasteiger partial charge in [0.15, 0.2) is 17.5 Å². The minimum atomic E-state index is -1.63. The third-order valence-electron chi connectivity index (χ3n) is 3.31. The van der Waals surface area contributed by atoms with Gasteiger partial charge in [-0.2, -0.15) is 0 Å². The lowest BCUT2D eigenvalue weighted by atomic mass is 10.2. The summed E-state index contributed by atoms with van der Waals surface area (Å²) in [6, 6.07) is 3.44. The maximum atomic E-state index is 13.6. The van der Waals surface area contributed by atoms with E-state index >= 15 is 0 Å². The van der Waals surface area contributed by atoms with Crippen LogP contribution in [0.5, 0.6) is 0 Å². The molecular weight excluding hydrogens is 307 g/mol. The van der Waals surface area contributed by atoms with Crippen molar-refractivity contribution in [1.82, 2.24) is 4.98 Å². The van der Waals surface area contributed by atoms with Crippen LogP contribution in [-0.2, 0) is 0 Å². The third kappa shape index (κ3) is 4.00. The number of halogens is 3. The van der Waals surface area contributed by atoms with Crippen LogP contribution in [0.2, 0.25) is 0 Å². The van der Waals surface area contributed by atoms with Crippen molar-refractivity contribution in [1.29, 1.82) is 0 Å². The molecule has 0 aliphatic carbocycles. The van der Waals surface area contributed by atoms with E-state index in [9.17, 15) is 18.0 Å². The van der Waals surface area contributed by atoms with Gasteiger partial charge >= 0.3 is 0 Å². The van der Waals surface area contributed by atoms with Gasteiger partial charge in [0.25, 0.3) is 5.91 Å². The van der Waals surface area contributed by atoms with E-state index in [0.717, 1.165) is 18.6 Å². The van der Waals surface area contributed by atoms with Crippen molar-refractivity contribution >= 4 is 17.3 Å². The van der Waals surface area contributed by atoms with Gasteiger partial charge in [0.1, 0.15) is 0 Å². The number of rotatable bonds is 5. The molecule has 0 aliphatic rings. The molecule has 0 fully saturated rings. The van der Waals surface area contributed by atoms with E-state index in [-0.39, 0.29) is 11.6 Å². The van der Waals surface area contributed by atoms with E-state index < -0.39 is 29.0 Å². The fourth-order valence-corrected chi connectivity index (χ4v) is 1.85. The third-order valence-corrected chi connectivity index (χ3v) is 3.31. The minimum Gasteiger partial charge on any atom is -0.381 e. The van der Waals surface area contributed by atoms with Crippen LogP contribution in [-0.4, -0.2) is 16.9 Å². The summed E-state index contributed by atoms with van der Waals surface area (Å²) in [5.74, 6) is -5.06. The molecule has 1 aromatic carbocycles. The number of aromatic nitrogens is 1. The first kappa shape index (κ1) is 16.8. The smallest absolute Gasteiger partial charge is 0.257 e. The highest BCUT2D eigenvalue weighted by Gasteiger charge is 2.16. The highest BCUT2D eigenvalue weighted by Crippen LogP contribution is 2.20. The molecule has 1 atom stereocenters. The number of hydrogen-bond acceptors (Lipinski definition) is 3. The molecule has 1 unspecified atom stereocenters. The number of carbonyl (C=O) groups excluding carboxylic acids is 1. The van der Waals surface area contributed by atoms with Gasteiger partial charge < -0.3 is 10.6 Å². The van der Waals surface area contributed by atoms with E-state index in [4.69, 9.17) is 0 Å². The molecule has 1 heterocycles. The number of pyridine rings is 1. The Hall–Kier alpha value is -2.57. The molecule has 0 saturated carbocycles. The first-order chi connectivity index (χ1) is 10.9. The molecule has 0 spiro atoms.